The molecule has 0 nitrogen and oxygen atoms in total. The standard InChI is InChI=1S/C21H8BF13/c1-21(2,8-10(25)4(23)3-5(24)11(8)26)22-9-6(12(27)16(31)19(34)15(9)30)7-13(28)17(32)20(35)18(33)14(7)29/h3,22H,1-2H3. The first-order valence-corrected chi connectivity index (χ1v) is 9.24. The lowest BCUT2D eigenvalue weighted by molar-refractivity contribution is 0.379. The maximum atomic E-state index is 14.7. The van der Waals surface area contributed by atoms with Crippen molar-refractivity contribution < 1.29 is 57.1 Å². The molecule has 0 aliphatic carbocycles. The van der Waals surface area contributed by atoms with Gasteiger partial charge in [-0.05, 0) is 10.8 Å². The van der Waals surface area contributed by atoms with Gasteiger partial charge >= 0.3 is 0 Å². The molecule has 0 saturated heterocycles. The van der Waals surface area contributed by atoms with E-state index in [-0.39, 0.29) is 6.07 Å². The molecule has 0 bridgehead atoms. The molecule has 186 valence electrons. The molecule has 0 fully saturated rings. The highest BCUT2D eigenvalue weighted by Crippen LogP contribution is 2.36. The Morgan fingerprint density at radius 3 is 1.23 bits per heavy atom. The van der Waals surface area contributed by atoms with Crippen LogP contribution in [0.3, 0.4) is 0 Å². The summed E-state index contributed by atoms with van der Waals surface area (Å²) in [6, 6.07) is -0.192. The van der Waals surface area contributed by atoms with Crippen LogP contribution in [0.1, 0.15) is 19.4 Å². The minimum absolute atomic E-state index is 0.192. The monoisotopic (exact) mass is 518 g/mol. The highest BCUT2D eigenvalue weighted by Gasteiger charge is 2.39. The van der Waals surface area contributed by atoms with Crippen LogP contribution in [0, 0.1) is 75.6 Å². The smallest absolute Gasteiger partial charge is 0.200 e. The van der Waals surface area contributed by atoms with Gasteiger partial charge in [0.1, 0.15) is 0 Å². The minimum atomic E-state index is -2.74. The summed E-state index contributed by atoms with van der Waals surface area (Å²) < 4.78 is 183. The third-order valence-corrected chi connectivity index (χ3v) is 5.23. The Morgan fingerprint density at radius 2 is 0.800 bits per heavy atom. The summed E-state index contributed by atoms with van der Waals surface area (Å²) in [6.45, 7) is 1.49. The van der Waals surface area contributed by atoms with Crippen molar-refractivity contribution in [3.05, 3.63) is 87.3 Å². The average molecular weight is 518 g/mol. The van der Waals surface area contributed by atoms with Gasteiger partial charge in [0.15, 0.2) is 77.1 Å². The zero-order valence-electron chi connectivity index (χ0n) is 17.2. The number of rotatable bonds is 4. The van der Waals surface area contributed by atoms with E-state index in [1.54, 1.807) is 0 Å². The Labute approximate surface area is 188 Å². The lowest BCUT2D eigenvalue weighted by Crippen LogP contribution is -2.40. The summed E-state index contributed by atoms with van der Waals surface area (Å²) in [5, 5.41) is -2.41. The van der Waals surface area contributed by atoms with Gasteiger partial charge in [-0.2, -0.15) is 0 Å². The predicted octanol–water partition coefficient (Wildman–Crippen LogP) is 6.16. The van der Waals surface area contributed by atoms with Crippen LogP contribution in [0.5, 0.6) is 0 Å². The lowest BCUT2D eigenvalue weighted by atomic mass is 9.46. The van der Waals surface area contributed by atoms with Crippen molar-refractivity contribution in [3.63, 3.8) is 0 Å². The fraction of sp³-hybridized carbons (Fsp3) is 0.143. The molecule has 0 spiro atoms. The van der Waals surface area contributed by atoms with E-state index < -0.39 is 110 Å². The van der Waals surface area contributed by atoms with Gasteiger partial charge in [0.25, 0.3) is 0 Å². The molecule has 0 aliphatic heterocycles. The second-order valence-corrected chi connectivity index (χ2v) is 7.96. The second-order valence-electron chi connectivity index (χ2n) is 7.96. The van der Waals surface area contributed by atoms with E-state index in [0.29, 0.717) is 0 Å². The van der Waals surface area contributed by atoms with Crippen molar-refractivity contribution in [2.45, 2.75) is 19.2 Å². The zero-order chi connectivity index (χ0) is 26.7. The highest BCUT2D eigenvalue weighted by molar-refractivity contribution is 6.58. The minimum Gasteiger partial charge on any atom is -0.204 e. The Balaban J connectivity index is 2.43. The number of hydrogen-bond acceptors (Lipinski definition) is 0. The van der Waals surface area contributed by atoms with Gasteiger partial charge in [-0.3, -0.25) is 0 Å². The molecular formula is C21H8BF13. The fourth-order valence-corrected chi connectivity index (χ4v) is 3.63. The van der Waals surface area contributed by atoms with Gasteiger partial charge in [-0.15, -0.1) is 0 Å². The molecule has 0 saturated carbocycles. The van der Waals surface area contributed by atoms with Crippen molar-refractivity contribution in [3.8, 4) is 11.1 Å². The van der Waals surface area contributed by atoms with Crippen LogP contribution in [-0.4, -0.2) is 7.28 Å². The number of hydrogen-bond donors (Lipinski definition) is 0. The van der Waals surface area contributed by atoms with Crippen LogP contribution in [0.25, 0.3) is 11.1 Å². The van der Waals surface area contributed by atoms with Crippen molar-refractivity contribution in [1.29, 1.82) is 0 Å². The molecule has 35 heavy (non-hydrogen) atoms. The summed E-state index contributed by atoms with van der Waals surface area (Å²) in [6.07, 6.45) is 0. The maximum Gasteiger partial charge on any atom is 0.200 e. The van der Waals surface area contributed by atoms with Gasteiger partial charge in [-0.1, -0.05) is 13.8 Å². The first-order chi connectivity index (χ1) is 16.0. The number of halogens is 13. The molecule has 14 heteroatoms. The summed E-state index contributed by atoms with van der Waals surface area (Å²) in [5.41, 5.74) is -7.31. The van der Waals surface area contributed by atoms with E-state index in [0.717, 1.165) is 13.8 Å². The molecule has 0 radical (unpaired) electrons. The average Bonchev–Trinajstić information content (AvgIpc) is 2.79. The molecule has 3 aromatic rings. The summed E-state index contributed by atoms with van der Waals surface area (Å²) in [5.74, 6) is -31.8. The third-order valence-electron chi connectivity index (χ3n) is 5.23. The SMILES string of the molecule is CC(C)(Bc1c(F)c(F)c(F)c(F)c1-c1c(F)c(F)c(F)c(F)c1F)c1c(F)c(F)cc(F)c1F. The van der Waals surface area contributed by atoms with E-state index in [4.69, 9.17) is 0 Å². The van der Waals surface area contributed by atoms with Gasteiger partial charge < -0.3 is 0 Å². The summed E-state index contributed by atoms with van der Waals surface area (Å²) in [4.78, 5) is 0. The molecule has 0 atom stereocenters. The molecule has 3 aromatic carbocycles. The maximum absolute atomic E-state index is 14.7. The van der Waals surface area contributed by atoms with Crippen LogP contribution >= 0.6 is 0 Å². The van der Waals surface area contributed by atoms with Gasteiger partial charge in [-0.25, -0.2) is 57.1 Å². The van der Waals surface area contributed by atoms with Crippen molar-refractivity contribution in [2.24, 2.45) is 0 Å². The molecule has 0 aliphatic rings. The molecule has 0 N–H and O–H groups in total. The Morgan fingerprint density at radius 1 is 0.457 bits per heavy atom. The van der Waals surface area contributed by atoms with Crippen molar-refractivity contribution >= 4 is 12.7 Å². The Hall–Kier alpha value is -3.19. The molecule has 3 rings (SSSR count). The highest BCUT2D eigenvalue weighted by atomic mass is 19.2. The van der Waals surface area contributed by atoms with E-state index in [1.807, 2.05) is 0 Å². The van der Waals surface area contributed by atoms with Crippen LogP contribution in [-0.2, 0) is 5.31 Å². The van der Waals surface area contributed by atoms with Gasteiger partial charge in [0.2, 0.25) is 5.82 Å². The Kier molecular flexibility index (Phi) is 6.64. The zero-order valence-corrected chi connectivity index (χ0v) is 17.2. The van der Waals surface area contributed by atoms with Crippen LogP contribution < -0.4 is 5.46 Å². The third kappa shape index (κ3) is 4.02. The predicted molar refractivity (Wildman–Crippen MR) is 97.6 cm³/mol. The number of benzene rings is 3. The molecule has 0 heterocycles. The second kappa shape index (κ2) is 8.79. The molecular weight excluding hydrogens is 510 g/mol. The normalized spacial score (nSPS) is 11.9. The largest absolute Gasteiger partial charge is 0.204 e. The van der Waals surface area contributed by atoms with Crippen LogP contribution in [0.2, 0.25) is 0 Å². The van der Waals surface area contributed by atoms with E-state index >= 15 is 0 Å². The summed E-state index contributed by atoms with van der Waals surface area (Å²) >= 11 is 0. The Bertz CT molecular complexity index is 1330. The molecule has 0 amide bonds. The quantitative estimate of drug-likeness (QED) is 0.168. The topological polar surface area (TPSA) is 0 Å². The van der Waals surface area contributed by atoms with Gasteiger partial charge in [0, 0.05) is 17.2 Å². The van der Waals surface area contributed by atoms with Crippen LogP contribution in [0.15, 0.2) is 6.07 Å². The van der Waals surface area contributed by atoms with E-state index in [9.17, 15) is 57.1 Å². The first-order valence-electron chi connectivity index (χ1n) is 9.24. The molecule has 0 aromatic heterocycles. The van der Waals surface area contributed by atoms with Crippen molar-refractivity contribution in [2.75, 3.05) is 0 Å². The van der Waals surface area contributed by atoms with Gasteiger partial charge in [0.05, 0.1) is 5.56 Å². The van der Waals surface area contributed by atoms with E-state index in [2.05, 4.69) is 0 Å². The fourth-order valence-electron chi connectivity index (χ4n) is 3.63. The lowest BCUT2D eigenvalue weighted by Gasteiger charge is -2.27. The summed E-state index contributed by atoms with van der Waals surface area (Å²) in [7, 11) is -1.47. The van der Waals surface area contributed by atoms with Crippen molar-refractivity contribution in [1.82, 2.24) is 0 Å². The first kappa shape index (κ1) is 26.4. The van der Waals surface area contributed by atoms with Crippen LogP contribution in [0.4, 0.5) is 57.1 Å². The van der Waals surface area contributed by atoms with E-state index in [1.165, 1.54) is 0 Å². The molecule has 0 unspecified atom stereocenters.